The molecule has 0 aliphatic rings. The van der Waals surface area contributed by atoms with Gasteiger partial charge in [0, 0.05) is 35.9 Å². The highest BCUT2D eigenvalue weighted by atomic mass is 16.5. The monoisotopic (exact) mass is 385 g/mol. The first-order valence-corrected chi connectivity index (χ1v) is 9.41. The lowest BCUT2D eigenvalue weighted by atomic mass is 10.1. The zero-order valence-electron chi connectivity index (χ0n) is 15.8. The number of hydrogen-bond donors (Lipinski definition) is 2. The van der Waals surface area contributed by atoms with Crippen LogP contribution in [-0.4, -0.2) is 26.2 Å². The molecule has 29 heavy (non-hydrogen) atoms. The van der Waals surface area contributed by atoms with Crippen LogP contribution >= 0.6 is 0 Å². The van der Waals surface area contributed by atoms with Crippen LogP contribution in [0.2, 0.25) is 0 Å². The van der Waals surface area contributed by atoms with Crippen molar-refractivity contribution >= 4 is 27.7 Å². The average molecular weight is 385 g/mol. The van der Waals surface area contributed by atoms with Crippen LogP contribution in [0.4, 0.5) is 5.82 Å². The molecule has 0 atom stereocenters. The van der Waals surface area contributed by atoms with Crippen LogP contribution in [0, 0.1) is 6.92 Å². The van der Waals surface area contributed by atoms with Crippen molar-refractivity contribution < 1.29 is 4.52 Å². The topological polar surface area (TPSA) is 88.7 Å². The minimum Gasteiger partial charge on any atom is -0.378 e. The Morgan fingerprint density at radius 2 is 2.00 bits per heavy atom. The molecular formula is C22H19N5O2. The predicted molar refractivity (Wildman–Crippen MR) is 113 cm³/mol. The van der Waals surface area contributed by atoms with Gasteiger partial charge in [-0.05, 0) is 36.6 Å². The first-order chi connectivity index (χ1) is 14.2. The maximum atomic E-state index is 11.6. The molecule has 2 aromatic carbocycles. The second-order valence-electron chi connectivity index (χ2n) is 6.96. The van der Waals surface area contributed by atoms with Crippen molar-refractivity contribution in [1.82, 2.24) is 19.7 Å². The van der Waals surface area contributed by atoms with E-state index in [0.717, 1.165) is 30.2 Å². The molecule has 5 aromatic rings. The second-order valence-corrected chi connectivity index (χ2v) is 6.96. The minimum absolute atomic E-state index is 0.232. The van der Waals surface area contributed by atoms with Gasteiger partial charge in [0.05, 0.1) is 11.1 Å². The first-order valence-electron chi connectivity index (χ1n) is 9.41. The molecule has 0 aliphatic carbocycles. The molecule has 0 spiro atoms. The number of aromatic amines is 1. The summed E-state index contributed by atoms with van der Waals surface area (Å²) in [4.78, 5) is 20.3. The molecule has 3 heterocycles. The maximum Gasteiger partial charge on any atom is 0.287 e. The van der Waals surface area contributed by atoms with Crippen LogP contribution in [0.25, 0.3) is 33.1 Å². The number of H-pyrrole nitrogens is 1. The van der Waals surface area contributed by atoms with Crippen LogP contribution in [0.15, 0.2) is 70.2 Å². The molecular weight excluding hydrogens is 366 g/mol. The first kappa shape index (κ1) is 17.2. The van der Waals surface area contributed by atoms with Gasteiger partial charge < -0.3 is 14.4 Å². The molecule has 5 rings (SSSR count). The van der Waals surface area contributed by atoms with Crippen LogP contribution in [0.1, 0.15) is 5.69 Å². The number of aryl methyl sites for hydroxylation is 1. The van der Waals surface area contributed by atoms with E-state index in [1.54, 1.807) is 12.1 Å². The van der Waals surface area contributed by atoms with Crippen molar-refractivity contribution in [2.24, 2.45) is 0 Å². The van der Waals surface area contributed by atoms with E-state index in [-0.39, 0.29) is 5.56 Å². The molecule has 0 bridgehead atoms. The molecule has 144 valence electrons. The van der Waals surface area contributed by atoms with E-state index in [9.17, 15) is 4.79 Å². The van der Waals surface area contributed by atoms with Gasteiger partial charge in [0.1, 0.15) is 12.1 Å². The Labute approximate surface area is 166 Å². The molecule has 0 saturated heterocycles. The van der Waals surface area contributed by atoms with E-state index < -0.39 is 0 Å². The van der Waals surface area contributed by atoms with Crippen LogP contribution in [-0.2, 0) is 6.54 Å². The Bertz CT molecular complexity index is 1380. The fourth-order valence-corrected chi connectivity index (χ4v) is 3.66. The fourth-order valence-electron chi connectivity index (χ4n) is 3.66. The summed E-state index contributed by atoms with van der Waals surface area (Å²) in [7, 11) is 0. The highest BCUT2D eigenvalue weighted by molar-refractivity contribution is 5.82. The molecule has 0 fully saturated rings. The number of aromatic nitrogens is 4. The van der Waals surface area contributed by atoms with E-state index in [1.165, 1.54) is 22.9 Å². The normalized spacial score (nSPS) is 11.3. The summed E-state index contributed by atoms with van der Waals surface area (Å²) in [6, 6.07) is 17.9. The quantitative estimate of drug-likeness (QED) is 0.478. The zero-order chi connectivity index (χ0) is 19.8. The maximum absolute atomic E-state index is 11.6. The molecule has 7 nitrogen and oxygen atoms in total. The second kappa shape index (κ2) is 6.94. The molecule has 0 saturated carbocycles. The van der Waals surface area contributed by atoms with Gasteiger partial charge in [-0.2, -0.15) is 5.16 Å². The lowest BCUT2D eigenvalue weighted by Crippen LogP contribution is -2.12. The highest BCUT2D eigenvalue weighted by Crippen LogP contribution is 2.23. The number of para-hydroxylation sites is 1. The number of benzene rings is 2. The van der Waals surface area contributed by atoms with E-state index in [2.05, 4.69) is 62.3 Å². The molecule has 0 aliphatic heterocycles. The van der Waals surface area contributed by atoms with Gasteiger partial charge in [-0.15, -0.1) is 0 Å². The molecule has 3 aromatic heterocycles. The van der Waals surface area contributed by atoms with Crippen LogP contribution in [0.5, 0.6) is 0 Å². The van der Waals surface area contributed by atoms with Gasteiger partial charge in [0.2, 0.25) is 0 Å². The number of nitrogens with zero attached hydrogens (tertiary/aromatic N) is 3. The Morgan fingerprint density at radius 3 is 2.93 bits per heavy atom. The van der Waals surface area contributed by atoms with Gasteiger partial charge in [0.25, 0.3) is 5.56 Å². The SMILES string of the molecule is Cc1cc2ccccc2n1CCNc1cc(-c2ccc3c(=O)[nH]oc3c2)ncn1. The molecule has 0 radical (unpaired) electrons. The van der Waals surface area contributed by atoms with Gasteiger partial charge in [0.15, 0.2) is 5.58 Å². The summed E-state index contributed by atoms with van der Waals surface area (Å²) in [5.74, 6) is 0.750. The summed E-state index contributed by atoms with van der Waals surface area (Å²) in [6.07, 6.45) is 1.53. The Balaban J connectivity index is 1.34. The summed E-state index contributed by atoms with van der Waals surface area (Å²) in [5, 5.41) is 7.50. The number of anilines is 1. The third-order valence-corrected chi connectivity index (χ3v) is 5.10. The van der Waals surface area contributed by atoms with Gasteiger partial charge >= 0.3 is 0 Å². The Hall–Kier alpha value is -3.87. The van der Waals surface area contributed by atoms with Crippen molar-refractivity contribution in [2.75, 3.05) is 11.9 Å². The summed E-state index contributed by atoms with van der Waals surface area (Å²) in [5.41, 5.74) is 4.36. The molecule has 0 amide bonds. The predicted octanol–water partition coefficient (Wildman–Crippen LogP) is 3.95. The summed E-state index contributed by atoms with van der Waals surface area (Å²) in [6.45, 7) is 3.69. The van der Waals surface area contributed by atoms with E-state index >= 15 is 0 Å². The largest absolute Gasteiger partial charge is 0.378 e. The lowest BCUT2D eigenvalue weighted by molar-refractivity contribution is 0.449. The number of nitrogens with one attached hydrogen (secondary N) is 2. The lowest BCUT2D eigenvalue weighted by Gasteiger charge is -2.10. The van der Waals surface area contributed by atoms with E-state index in [0.29, 0.717) is 11.0 Å². The van der Waals surface area contributed by atoms with Crippen molar-refractivity contribution in [3.63, 3.8) is 0 Å². The summed E-state index contributed by atoms with van der Waals surface area (Å²) < 4.78 is 7.49. The third-order valence-electron chi connectivity index (χ3n) is 5.10. The highest BCUT2D eigenvalue weighted by Gasteiger charge is 2.08. The zero-order valence-corrected chi connectivity index (χ0v) is 15.8. The number of fused-ring (bicyclic) bond motifs is 2. The Kier molecular flexibility index (Phi) is 4.13. The van der Waals surface area contributed by atoms with Gasteiger partial charge in [-0.1, -0.05) is 24.3 Å². The molecule has 7 heteroatoms. The summed E-state index contributed by atoms with van der Waals surface area (Å²) >= 11 is 0. The van der Waals surface area contributed by atoms with Crippen LogP contribution in [0.3, 0.4) is 0 Å². The van der Waals surface area contributed by atoms with E-state index in [1.807, 2.05) is 12.1 Å². The molecule has 2 N–H and O–H groups in total. The standard InChI is InChI=1S/C22H19N5O2/c1-14-10-16-4-2-3-5-19(16)27(14)9-8-23-21-12-18(24-13-25-21)15-6-7-17-20(11-15)29-26-22(17)28/h2-7,10-13H,8-9H2,1H3,(H,26,28)(H,23,24,25). The van der Waals surface area contributed by atoms with Crippen molar-refractivity contribution in [1.29, 1.82) is 0 Å². The van der Waals surface area contributed by atoms with Gasteiger partial charge in [-0.25, -0.2) is 9.97 Å². The van der Waals surface area contributed by atoms with Gasteiger partial charge in [-0.3, -0.25) is 4.79 Å². The number of rotatable bonds is 5. The average Bonchev–Trinajstić information content (AvgIpc) is 3.27. The molecule has 0 unspecified atom stereocenters. The van der Waals surface area contributed by atoms with Crippen LogP contribution < -0.4 is 10.9 Å². The van der Waals surface area contributed by atoms with E-state index in [4.69, 9.17) is 4.52 Å². The van der Waals surface area contributed by atoms with Crippen molar-refractivity contribution in [3.8, 4) is 11.3 Å². The van der Waals surface area contributed by atoms with Crippen molar-refractivity contribution in [2.45, 2.75) is 13.5 Å². The third kappa shape index (κ3) is 3.16. The Morgan fingerprint density at radius 1 is 1.10 bits per heavy atom. The minimum atomic E-state index is -0.232. The van der Waals surface area contributed by atoms with Crippen molar-refractivity contribution in [3.05, 3.63) is 77.0 Å². The number of hydrogen-bond acceptors (Lipinski definition) is 5. The smallest absolute Gasteiger partial charge is 0.287 e. The fraction of sp³-hybridized carbons (Fsp3) is 0.136.